The van der Waals surface area contributed by atoms with Crippen LogP contribution in [0.3, 0.4) is 0 Å². The number of hydrogen-bond donors (Lipinski definition) is 1. The van der Waals surface area contributed by atoms with Crippen LogP contribution in [0.5, 0.6) is 0 Å². The van der Waals surface area contributed by atoms with Crippen LogP contribution in [0.4, 0.5) is 0 Å². The van der Waals surface area contributed by atoms with Gasteiger partial charge in [0.05, 0.1) is 0 Å². The maximum absolute atomic E-state index is 4.34. The van der Waals surface area contributed by atoms with Gasteiger partial charge < -0.3 is 5.32 Å². The molecule has 2 nitrogen and oxygen atoms in total. The zero-order valence-electron chi connectivity index (χ0n) is 10.3. The molecule has 90 valence electrons. The minimum atomic E-state index is 0.539. The van der Waals surface area contributed by atoms with E-state index in [2.05, 4.69) is 54.5 Å². The summed E-state index contributed by atoms with van der Waals surface area (Å²) in [5, 5.41) is 4.63. The predicted molar refractivity (Wildman–Crippen MR) is 73.4 cm³/mol. The van der Waals surface area contributed by atoms with E-state index in [4.69, 9.17) is 0 Å². The van der Waals surface area contributed by atoms with E-state index in [1.165, 1.54) is 15.4 Å². The zero-order chi connectivity index (χ0) is 12.1. The van der Waals surface area contributed by atoms with Gasteiger partial charge in [-0.05, 0) is 18.4 Å². The van der Waals surface area contributed by atoms with Crippen molar-refractivity contribution in [3.8, 4) is 0 Å². The van der Waals surface area contributed by atoms with Crippen LogP contribution in [-0.2, 0) is 6.54 Å². The molecular formula is C14H18N2S. The van der Waals surface area contributed by atoms with Gasteiger partial charge in [0.2, 0.25) is 0 Å². The molecule has 2 rings (SSSR count). The van der Waals surface area contributed by atoms with E-state index < -0.39 is 0 Å². The van der Waals surface area contributed by atoms with Crippen molar-refractivity contribution in [2.75, 3.05) is 6.54 Å². The fraction of sp³-hybridized carbons (Fsp3) is 0.357. The summed E-state index contributed by atoms with van der Waals surface area (Å²) < 4.78 is 0. The van der Waals surface area contributed by atoms with E-state index in [0.29, 0.717) is 5.92 Å². The van der Waals surface area contributed by atoms with Gasteiger partial charge in [-0.25, -0.2) is 4.98 Å². The van der Waals surface area contributed by atoms with Crippen LogP contribution in [-0.4, -0.2) is 11.5 Å². The van der Waals surface area contributed by atoms with Crippen molar-refractivity contribution < 1.29 is 0 Å². The number of nitrogens with zero attached hydrogens (tertiary/aromatic N) is 1. The first-order valence-electron chi connectivity index (χ1n) is 5.92. The third-order valence-electron chi connectivity index (χ3n) is 2.76. The Morgan fingerprint density at radius 3 is 2.71 bits per heavy atom. The molecule has 1 aromatic heterocycles. The molecular weight excluding hydrogens is 228 g/mol. The Morgan fingerprint density at radius 1 is 1.29 bits per heavy atom. The van der Waals surface area contributed by atoms with Crippen LogP contribution in [0.2, 0.25) is 0 Å². The van der Waals surface area contributed by atoms with Gasteiger partial charge in [0, 0.05) is 24.2 Å². The van der Waals surface area contributed by atoms with Crippen LogP contribution >= 0.6 is 11.3 Å². The van der Waals surface area contributed by atoms with Crippen molar-refractivity contribution in [1.82, 2.24) is 10.3 Å². The Hall–Kier alpha value is -1.19. The Morgan fingerprint density at radius 2 is 2.06 bits per heavy atom. The van der Waals surface area contributed by atoms with Crippen molar-refractivity contribution in [3.05, 3.63) is 52.0 Å². The maximum atomic E-state index is 4.34. The van der Waals surface area contributed by atoms with Crippen LogP contribution in [0, 0.1) is 6.92 Å². The third kappa shape index (κ3) is 3.65. The van der Waals surface area contributed by atoms with E-state index in [1.807, 2.05) is 6.20 Å². The van der Waals surface area contributed by atoms with Gasteiger partial charge in [-0.15, -0.1) is 11.3 Å². The lowest BCUT2D eigenvalue weighted by molar-refractivity contribution is 0.613. The van der Waals surface area contributed by atoms with Crippen molar-refractivity contribution >= 4 is 11.3 Å². The van der Waals surface area contributed by atoms with Crippen molar-refractivity contribution in [2.45, 2.75) is 26.3 Å². The number of nitrogens with one attached hydrogen (secondary N) is 1. The number of aryl methyl sites for hydroxylation is 1. The summed E-state index contributed by atoms with van der Waals surface area (Å²) in [4.78, 5) is 5.62. The minimum Gasteiger partial charge on any atom is -0.310 e. The first kappa shape index (κ1) is 12.3. The molecule has 1 atom stereocenters. The topological polar surface area (TPSA) is 24.9 Å². The lowest BCUT2D eigenvalue weighted by Gasteiger charge is -2.12. The van der Waals surface area contributed by atoms with Gasteiger partial charge in [-0.2, -0.15) is 0 Å². The summed E-state index contributed by atoms with van der Waals surface area (Å²) in [5.74, 6) is 0.539. The summed E-state index contributed by atoms with van der Waals surface area (Å²) in [6.45, 7) is 6.20. The lowest BCUT2D eigenvalue weighted by Crippen LogP contribution is -2.19. The molecule has 0 fully saturated rings. The molecule has 17 heavy (non-hydrogen) atoms. The minimum absolute atomic E-state index is 0.539. The van der Waals surface area contributed by atoms with Crippen LogP contribution < -0.4 is 5.32 Å². The second-order valence-corrected chi connectivity index (χ2v) is 5.63. The first-order valence-corrected chi connectivity index (χ1v) is 6.74. The van der Waals surface area contributed by atoms with E-state index in [1.54, 1.807) is 11.3 Å². The highest BCUT2D eigenvalue weighted by Crippen LogP contribution is 2.14. The normalized spacial score (nSPS) is 12.6. The van der Waals surface area contributed by atoms with Crippen LogP contribution in [0.15, 0.2) is 36.5 Å². The highest BCUT2D eigenvalue weighted by atomic mass is 32.1. The van der Waals surface area contributed by atoms with Gasteiger partial charge in [0.1, 0.15) is 5.01 Å². The molecule has 3 heteroatoms. The molecule has 2 aromatic rings. The maximum Gasteiger partial charge on any atom is 0.107 e. The van der Waals surface area contributed by atoms with E-state index in [-0.39, 0.29) is 0 Å². The zero-order valence-corrected chi connectivity index (χ0v) is 11.1. The number of thiazole rings is 1. The summed E-state index contributed by atoms with van der Waals surface area (Å²) in [6.07, 6.45) is 1.93. The van der Waals surface area contributed by atoms with Gasteiger partial charge in [0.15, 0.2) is 0 Å². The molecule has 0 aliphatic carbocycles. The summed E-state index contributed by atoms with van der Waals surface area (Å²) in [5.41, 5.74) is 1.38. The molecule has 0 saturated carbocycles. The number of benzene rings is 1. The standard InChI is InChI=1S/C14H18N2S/c1-11(13-6-4-3-5-7-13)8-15-10-14-16-9-12(2)17-14/h3-7,9,11,15H,8,10H2,1-2H3. The van der Waals surface area contributed by atoms with Crippen LogP contribution in [0.1, 0.15) is 28.3 Å². The van der Waals surface area contributed by atoms with Crippen molar-refractivity contribution in [3.63, 3.8) is 0 Å². The van der Waals surface area contributed by atoms with Gasteiger partial charge in [-0.3, -0.25) is 0 Å². The third-order valence-corrected chi connectivity index (χ3v) is 3.68. The molecule has 0 spiro atoms. The predicted octanol–water partition coefficient (Wildman–Crippen LogP) is 3.34. The van der Waals surface area contributed by atoms with E-state index in [0.717, 1.165) is 13.1 Å². The van der Waals surface area contributed by atoms with E-state index >= 15 is 0 Å². The molecule has 0 aliphatic rings. The average molecular weight is 246 g/mol. The largest absolute Gasteiger partial charge is 0.310 e. The van der Waals surface area contributed by atoms with Gasteiger partial charge in [-0.1, -0.05) is 37.3 Å². The van der Waals surface area contributed by atoms with Gasteiger partial charge in [0.25, 0.3) is 0 Å². The fourth-order valence-electron chi connectivity index (χ4n) is 1.78. The molecule has 0 radical (unpaired) electrons. The molecule has 1 N–H and O–H groups in total. The molecule has 1 unspecified atom stereocenters. The fourth-order valence-corrected chi connectivity index (χ4v) is 2.53. The second kappa shape index (κ2) is 5.94. The number of rotatable bonds is 5. The Balaban J connectivity index is 1.79. The molecule has 1 heterocycles. The molecule has 0 amide bonds. The van der Waals surface area contributed by atoms with Crippen molar-refractivity contribution in [1.29, 1.82) is 0 Å². The SMILES string of the molecule is Cc1cnc(CNCC(C)c2ccccc2)s1. The Kier molecular flexibility index (Phi) is 4.29. The second-order valence-electron chi connectivity index (χ2n) is 4.31. The highest BCUT2D eigenvalue weighted by Gasteiger charge is 2.04. The molecule has 1 aromatic carbocycles. The average Bonchev–Trinajstić information content (AvgIpc) is 2.76. The summed E-state index contributed by atoms with van der Waals surface area (Å²) in [6, 6.07) is 10.6. The van der Waals surface area contributed by atoms with E-state index in [9.17, 15) is 0 Å². The monoisotopic (exact) mass is 246 g/mol. The highest BCUT2D eigenvalue weighted by molar-refractivity contribution is 7.11. The lowest BCUT2D eigenvalue weighted by atomic mass is 10.0. The summed E-state index contributed by atoms with van der Waals surface area (Å²) >= 11 is 1.76. The number of hydrogen-bond acceptors (Lipinski definition) is 3. The summed E-state index contributed by atoms with van der Waals surface area (Å²) in [7, 11) is 0. The molecule has 0 saturated heterocycles. The van der Waals surface area contributed by atoms with Gasteiger partial charge >= 0.3 is 0 Å². The first-order chi connectivity index (χ1) is 8.25. The smallest absolute Gasteiger partial charge is 0.107 e. The Labute approximate surface area is 107 Å². The Bertz CT molecular complexity index is 450. The molecule has 0 bridgehead atoms. The van der Waals surface area contributed by atoms with Crippen molar-refractivity contribution in [2.24, 2.45) is 0 Å². The molecule has 0 aliphatic heterocycles. The quantitative estimate of drug-likeness (QED) is 0.875. The number of aromatic nitrogens is 1. The van der Waals surface area contributed by atoms with Crippen LogP contribution in [0.25, 0.3) is 0 Å².